The summed E-state index contributed by atoms with van der Waals surface area (Å²) in [5.74, 6) is 3.24. The van der Waals surface area contributed by atoms with Gasteiger partial charge >= 0.3 is 0 Å². The van der Waals surface area contributed by atoms with Gasteiger partial charge in [0, 0.05) is 16.6 Å². The highest BCUT2D eigenvalue weighted by atomic mass is 35.5. The van der Waals surface area contributed by atoms with Crippen LogP contribution < -0.4 is 12.4 Å². The smallest absolute Gasteiger partial charge is 0.192 e. The van der Waals surface area contributed by atoms with Gasteiger partial charge < -0.3 is 22.6 Å². The van der Waals surface area contributed by atoms with Gasteiger partial charge in [0.2, 0.25) is 0 Å². The van der Waals surface area contributed by atoms with E-state index in [1.807, 2.05) is 11.8 Å². The lowest BCUT2D eigenvalue weighted by Gasteiger charge is -2.05. The van der Waals surface area contributed by atoms with Crippen LogP contribution in [0, 0.1) is 0 Å². The molecule has 0 aromatic heterocycles. The van der Waals surface area contributed by atoms with Crippen LogP contribution in [0.25, 0.3) is 0 Å². The number of hydrogen-bond acceptors (Lipinski definition) is 3. The zero-order chi connectivity index (χ0) is 7.14. The fourth-order valence-electron chi connectivity index (χ4n) is 1.46. The van der Waals surface area contributed by atoms with E-state index in [1.54, 1.807) is 0 Å². The van der Waals surface area contributed by atoms with Crippen LogP contribution in [-0.4, -0.2) is 44.3 Å². The van der Waals surface area contributed by atoms with Crippen molar-refractivity contribution >= 4 is 22.7 Å². The molecule has 2 fully saturated rings. The molecule has 2 aliphatic heterocycles. The molecule has 0 spiro atoms. The predicted octanol–water partition coefficient (Wildman–Crippen LogP) is -3.58. The second-order valence-corrected chi connectivity index (χ2v) is 6.58. The lowest BCUT2D eigenvalue weighted by Crippen LogP contribution is -3.00. The van der Waals surface area contributed by atoms with Gasteiger partial charge in [-0.3, -0.25) is 0 Å². The summed E-state index contributed by atoms with van der Waals surface area (Å²) in [6.07, 6.45) is -0.864. The third-order valence-electron chi connectivity index (χ3n) is 2.01. The molecule has 2 aliphatic rings. The Morgan fingerprint density at radius 3 is 2.73 bits per heavy atom. The summed E-state index contributed by atoms with van der Waals surface area (Å²) >= 11 is 1.83. The number of fused-ring (bicyclic) bond motifs is 1. The molecule has 1 unspecified atom stereocenters. The number of aliphatic hydroxyl groups excluding tert-OH is 2. The number of rotatable bonds is 0. The van der Waals surface area contributed by atoms with Crippen molar-refractivity contribution in [1.29, 1.82) is 0 Å². The minimum absolute atomic E-state index is 0. The van der Waals surface area contributed by atoms with Crippen molar-refractivity contribution in [2.24, 2.45) is 0 Å². The molecule has 5 heteroatoms. The Bertz CT molecular complexity index is 145. The number of halogens is 1. The zero-order valence-electron chi connectivity index (χ0n) is 5.94. The first-order chi connectivity index (χ1) is 4.79. The molecule has 2 N–H and O–H groups in total. The van der Waals surface area contributed by atoms with E-state index in [9.17, 15) is 10.2 Å². The SMILES string of the molecule is O[C@@H]1[C@H](O)C[S+]2CCS[C@@H]12.[Cl-]. The molecule has 2 saturated heterocycles. The van der Waals surface area contributed by atoms with Gasteiger partial charge in [0.05, 0.1) is 0 Å². The Labute approximate surface area is 79.5 Å². The summed E-state index contributed by atoms with van der Waals surface area (Å²) in [7, 11) is 0.335. The third kappa shape index (κ3) is 1.65. The van der Waals surface area contributed by atoms with Crippen molar-refractivity contribution in [1.82, 2.24) is 0 Å². The highest BCUT2D eigenvalue weighted by Crippen LogP contribution is 2.37. The monoisotopic (exact) mass is 214 g/mol. The van der Waals surface area contributed by atoms with Gasteiger partial charge in [0.25, 0.3) is 0 Å². The molecule has 0 amide bonds. The first-order valence-electron chi connectivity index (χ1n) is 3.43. The molecule has 0 bridgehead atoms. The van der Waals surface area contributed by atoms with E-state index < -0.39 is 12.2 Å². The van der Waals surface area contributed by atoms with Crippen molar-refractivity contribution in [2.75, 3.05) is 17.3 Å². The van der Waals surface area contributed by atoms with Crippen LogP contribution in [0.2, 0.25) is 0 Å². The lowest BCUT2D eigenvalue weighted by atomic mass is 10.3. The average molecular weight is 215 g/mol. The normalized spacial score (nSPS) is 48.5. The maximum Gasteiger partial charge on any atom is 0.192 e. The minimum atomic E-state index is -0.434. The van der Waals surface area contributed by atoms with Gasteiger partial charge in [-0.1, -0.05) is 11.8 Å². The fourth-order valence-corrected chi connectivity index (χ4v) is 6.69. The van der Waals surface area contributed by atoms with E-state index in [-0.39, 0.29) is 12.4 Å². The van der Waals surface area contributed by atoms with Gasteiger partial charge in [-0.05, 0) is 0 Å². The Morgan fingerprint density at radius 1 is 1.36 bits per heavy atom. The van der Waals surface area contributed by atoms with Crippen molar-refractivity contribution in [3.8, 4) is 0 Å². The quantitative estimate of drug-likeness (QED) is 0.410. The molecule has 2 rings (SSSR count). The van der Waals surface area contributed by atoms with E-state index in [4.69, 9.17) is 0 Å². The van der Waals surface area contributed by atoms with E-state index >= 15 is 0 Å². The molecule has 2 heterocycles. The van der Waals surface area contributed by atoms with Crippen LogP contribution in [0.3, 0.4) is 0 Å². The van der Waals surface area contributed by atoms with Crippen LogP contribution in [-0.2, 0) is 10.9 Å². The molecule has 0 radical (unpaired) electrons. The number of hydrogen-bond donors (Lipinski definition) is 2. The molecular formula is C6H11ClO2S2. The van der Waals surface area contributed by atoms with E-state index in [2.05, 4.69) is 0 Å². The van der Waals surface area contributed by atoms with Crippen LogP contribution in [0.15, 0.2) is 0 Å². The van der Waals surface area contributed by atoms with Crippen LogP contribution in [0.5, 0.6) is 0 Å². The van der Waals surface area contributed by atoms with Crippen LogP contribution in [0.1, 0.15) is 0 Å². The summed E-state index contributed by atoms with van der Waals surface area (Å²) in [4.78, 5) is 0. The molecule has 0 aromatic carbocycles. The van der Waals surface area contributed by atoms with Gasteiger partial charge in [-0.2, -0.15) is 0 Å². The van der Waals surface area contributed by atoms with E-state index in [1.165, 1.54) is 11.5 Å². The highest BCUT2D eigenvalue weighted by molar-refractivity contribution is 8.19. The Morgan fingerprint density at radius 2 is 2.09 bits per heavy atom. The van der Waals surface area contributed by atoms with Crippen molar-refractivity contribution in [2.45, 2.75) is 16.8 Å². The minimum Gasteiger partial charge on any atom is -1.00 e. The van der Waals surface area contributed by atoms with Crippen molar-refractivity contribution in [3.63, 3.8) is 0 Å². The maximum atomic E-state index is 9.40. The number of thioether (sulfide) groups is 1. The summed E-state index contributed by atoms with van der Waals surface area (Å²) in [6.45, 7) is 0. The topological polar surface area (TPSA) is 40.5 Å². The second-order valence-electron chi connectivity index (χ2n) is 2.71. The predicted molar refractivity (Wildman–Crippen MR) is 45.4 cm³/mol. The van der Waals surface area contributed by atoms with Gasteiger partial charge in [-0.25, -0.2) is 0 Å². The van der Waals surface area contributed by atoms with Gasteiger partial charge in [0.15, 0.2) is 4.58 Å². The van der Waals surface area contributed by atoms with E-state index in [0.717, 1.165) is 5.75 Å². The van der Waals surface area contributed by atoms with Gasteiger partial charge in [0.1, 0.15) is 23.7 Å². The first kappa shape index (κ1) is 9.99. The number of aliphatic hydroxyl groups is 2. The van der Waals surface area contributed by atoms with Crippen LogP contribution >= 0.6 is 11.8 Å². The van der Waals surface area contributed by atoms with E-state index in [0.29, 0.717) is 15.5 Å². The summed E-state index contributed by atoms with van der Waals surface area (Å²) < 4.78 is 0.370. The third-order valence-corrected chi connectivity index (χ3v) is 6.98. The zero-order valence-corrected chi connectivity index (χ0v) is 8.33. The Hall–Kier alpha value is 0.910. The highest BCUT2D eigenvalue weighted by Gasteiger charge is 2.52. The first-order valence-corrected chi connectivity index (χ1v) is 6.10. The molecule has 0 aromatic rings. The Kier molecular flexibility index (Phi) is 3.40. The Balaban J connectivity index is 0.000000605. The largest absolute Gasteiger partial charge is 1.00 e. The average Bonchev–Trinajstić information content (AvgIpc) is 2.41. The van der Waals surface area contributed by atoms with Crippen LogP contribution in [0.4, 0.5) is 0 Å². The summed E-state index contributed by atoms with van der Waals surface area (Å²) in [5.41, 5.74) is 0. The summed E-state index contributed by atoms with van der Waals surface area (Å²) in [5, 5.41) is 18.7. The molecule has 4 atom stereocenters. The molecule has 0 saturated carbocycles. The lowest BCUT2D eigenvalue weighted by molar-refractivity contribution is -0.00000401. The molecule has 2 nitrogen and oxygen atoms in total. The summed E-state index contributed by atoms with van der Waals surface area (Å²) in [6, 6.07) is 0. The molecule has 66 valence electrons. The standard InChI is InChI=1S/C6H11O2S2.ClH/c7-4-3-10-2-1-9-6(10)5(4)8;/h4-8H,1-3H2;1H/q+1;/p-1/t4-,5-,6-,10?;/m1./s1. The van der Waals surface area contributed by atoms with Crippen molar-refractivity contribution in [3.05, 3.63) is 0 Å². The second kappa shape index (κ2) is 3.75. The maximum absolute atomic E-state index is 9.40. The van der Waals surface area contributed by atoms with Crippen molar-refractivity contribution < 1.29 is 22.6 Å². The molecule has 11 heavy (non-hydrogen) atoms. The van der Waals surface area contributed by atoms with Gasteiger partial charge in [-0.15, -0.1) is 0 Å². The fraction of sp³-hybridized carbons (Fsp3) is 1.00. The molecular weight excluding hydrogens is 204 g/mol. The molecule has 0 aliphatic carbocycles.